The number of anilines is 1. The molecule has 2 N–H and O–H groups in total. The van der Waals surface area contributed by atoms with Crippen LogP contribution in [0.4, 0.5) is 10.5 Å². The normalized spacial score (nSPS) is 11.8. The summed E-state index contributed by atoms with van der Waals surface area (Å²) in [5.74, 6) is 0. The van der Waals surface area contributed by atoms with Gasteiger partial charge in [0.1, 0.15) is 0 Å². The highest BCUT2D eigenvalue weighted by Gasteiger charge is 2.09. The molecule has 1 unspecified atom stereocenters. The van der Waals surface area contributed by atoms with Crippen LogP contribution >= 0.6 is 0 Å². The minimum absolute atomic E-state index is 0.105. The van der Waals surface area contributed by atoms with Crippen molar-refractivity contribution in [1.82, 2.24) is 10.2 Å². The first-order valence-electron chi connectivity index (χ1n) is 6.94. The molecule has 112 valence electrons. The molecule has 0 fully saturated rings. The van der Waals surface area contributed by atoms with Crippen molar-refractivity contribution in [3.63, 3.8) is 0 Å². The van der Waals surface area contributed by atoms with Crippen LogP contribution < -0.4 is 10.2 Å². The number of rotatable bonds is 7. The third-order valence-corrected chi connectivity index (χ3v) is 3.15. The Bertz CT molecular complexity index is 395. The SMILES string of the molecule is CC(O)CCN(C)C(=O)NCCN(C)c1ccccc1. The zero-order valence-corrected chi connectivity index (χ0v) is 12.5. The molecular weight excluding hydrogens is 254 g/mol. The summed E-state index contributed by atoms with van der Waals surface area (Å²) in [7, 11) is 3.73. The number of nitrogens with one attached hydrogen (secondary N) is 1. The Morgan fingerprint density at radius 2 is 1.90 bits per heavy atom. The van der Waals surface area contributed by atoms with Crippen LogP contribution in [0.3, 0.4) is 0 Å². The van der Waals surface area contributed by atoms with Crippen LogP contribution in [-0.2, 0) is 0 Å². The van der Waals surface area contributed by atoms with E-state index in [9.17, 15) is 9.90 Å². The van der Waals surface area contributed by atoms with Gasteiger partial charge in [0.25, 0.3) is 0 Å². The number of nitrogens with zero attached hydrogens (tertiary/aromatic N) is 2. The van der Waals surface area contributed by atoms with Gasteiger partial charge in [0, 0.05) is 39.4 Å². The van der Waals surface area contributed by atoms with Gasteiger partial charge in [-0.15, -0.1) is 0 Å². The Kier molecular flexibility index (Phi) is 6.87. The average molecular weight is 279 g/mol. The molecule has 0 aromatic heterocycles. The monoisotopic (exact) mass is 279 g/mol. The lowest BCUT2D eigenvalue weighted by Crippen LogP contribution is -2.41. The van der Waals surface area contributed by atoms with Crippen LogP contribution in [0.2, 0.25) is 0 Å². The number of hydrogen-bond acceptors (Lipinski definition) is 3. The molecule has 0 radical (unpaired) electrons. The minimum Gasteiger partial charge on any atom is -0.393 e. The second kappa shape index (κ2) is 8.43. The maximum atomic E-state index is 11.8. The van der Waals surface area contributed by atoms with Gasteiger partial charge in [0.2, 0.25) is 0 Å². The second-order valence-corrected chi connectivity index (χ2v) is 5.05. The molecule has 5 nitrogen and oxygen atoms in total. The molecule has 0 aliphatic rings. The number of hydrogen-bond donors (Lipinski definition) is 2. The Morgan fingerprint density at radius 3 is 2.50 bits per heavy atom. The summed E-state index contributed by atoms with van der Waals surface area (Å²) in [4.78, 5) is 15.5. The van der Waals surface area contributed by atoms with Crippen molar-refractivity contribution in [3.05, 3.63) is 30.3 Å². The topological polar surface area (TPSA) is 55.8 Å². The van der Waals surface area contributed by atoms with Crippen molar-refractivity contribution >= 4 is 11.7 Å². The predicted octanol–water partition coefficient (Wildman–Crippen LogP) is 1.54. The zero-order chi connectivity index (χ0) is 15.0. The number of aliphatic hydroxyl groups is 1. The molecule has 0 aliphatic heterocycles. The molecular formula is C15H25N3O2. The number of para-hydroxylation sites is 1. The van der Waals surface area contributed by atoms with Crippen molar-refractivity contribution in [1.29, 1.82) is 0 Å². The van der Waals surface area contributed by atoms with Gasteiger partial charge in [0.15, 0.2) is 0 Å². The summed E-state index contributed by atoms with van der Waals surface area (Å²) in [6, 6.07) is 9.94. The van der Waals surface area contributed by atoms with Gasteiger partial charge >= 0.3 is 6.03 Å². The number of benzene rings is 1. The van der Waals surface area contributed by atoms with E-state index in [0.29, 0.717) is 19.5 Å². The highest BCUT2D eigenvalue weighted by Crippen LogP contribution is 2.09. The third-order valence-electron chi connectivity index (χ3n) is 3.15. The molecule has 2 amide bonds. The molecule has 1 aromatic rings. The molecule has 1 rings (SSSR count). The summed E-state index contributed by atoms with van der Waals surface area (Å²) in [6.45, 7) is 3.61. The molecule has 5 heteroatoms. The summed E-state index contributed by atoms with van der Waals surface area (Å²) >= 11 is 0. The summed E-state index contributed by atoms with van der Waals surface area (Å²) < 4.78 is 0. The van der Waals surface area contributed by atoms with E-state index in [1.165, 1.54) is 0 Å². The standard InChI is InChI=1S/C15H25N3O2/c1-13(19)9-11-18(3)15(20)16-10-12-17(2)14-7-5-4-6-8-14/h4-8,13,19H,9-12H2,1-3H3,(H,16,20). The van der Waals surface area contributed by atoms with Crippen LogP contribution in [0.1, 0.15) is 13.3 Å². The van der Waals surface area contributed by atoms with E-state index in [-0.39, 0.29) is 12.1 Å². The van der Waals surface area contributed by atoms with Gasteiger partial charge in [-0.1, -0.05) is 18.2 Å². The maximum absolute atomic E-state index is 11.8. The van der Waals surface area contributed by atoms with Crippen LogP contribution in [-0.4, -0.2) is 55.9 Å². The van der Waals surface area contributed by atoms with Crippen LogP contribution in [0.5, 0.6) is 0 Å². The smallest absolute Gasteiger partial charge is 0.317 e. The first-order valence-corrected chi connectivity index (χ1v) is 6.94. The van der Waals surface area contributed by atoms with Crippen molar-refractivity contribution in [3.8, 4) is 0 Å². The lowest BCUT2D eigenvalue weighted by atomic mass is 10.3. The van der Waals surface area contributed by atoms with Crippen molar-refractivity contribution in [2.45, 2.75) is 19.4 Å². The van der Waals surface area contributed by atoms with E-state index >= 15 is 0 Å². The summed E-state index contributed by atoms with van der Waals surface area (Å²) in [6.07, 6.45) is 0.211. The second-order valence-electron chi connectivity index (χ2n) is 5.05. The first-order chi connectivity index (χ1) is 9.50. The molecule has 0 saturated carbocycles. The third kappa shape index (κ3) is 5.93. The molecule has 0 bridgehead atoms. The summed E-state index contributed by atoms with van der Waals surface area (Å²) in [5, 5.41) is 12.1. The Hall–Kier alpha value is -1.75. The molecule has 0 aliphatic carbocycles. The fourth-order valence-corrected chi connectivity index (χ4v) is 1.76. The van der Waals surface area contributed by atoms with E-state index in [1.807, 2.05) is 37.4 Å². The van der Waals surface area contributed by atoms with Gasteiger partial charge in [-0.3, -0.25) is 0 Å². The molecule has 0 spiro atoms. The lowest BCUT2D eigenvalue weighted by molar-refractivity contribution is 0.163. The molecule has 0 heterocycles. The Balaban J connectivity index is 2.24. The lowest BCUT2D eigenvalue weighted by Gasteiger charge is -2.22. The van der Waals surface area contributed by atoms with Crippen molar-refractivity contribution < 1.29 is 9.90 Å². The highest BCUT2D eigenvalue weighted by molar-refractivity contribution is 5.73. The number of carbonyl (C=O) groups is 1. The van der Waals surface area contributed by atoms with E-state index < -0.39 is 0 Å². The van der Waals surface area contributed by atoms with Gasteiger partial charge in [-0.05, 0) is 25.5 Å². The predicted molar refractivity (Wildman–Crippen MR) is 82.0 cm³/mol. The van der Waals surface area contributed by atoms with Crippen molar-refractivity contribution in [2.24, 2.45) is 0 Å². The van der Waals surface area contributed by atoms with Gasteiger partial charge < -0.3 is 20.2 Å². The van der Waals surface area contributed by atoms with E-state index in [1.54, 1.807) is 18.9 Å². The van der Waals surface area contributed by atoms with Gasteiger partial charge in [0.05, 0.1) is 6.10 Å². The quantitative estimate of drug-likeness (QED) is 0.796. The van der Waals surface area contributed by atoms with Crippen LogP contribution in [0.15, 0.2) is 30.3 Å². The molecule has 1 aromatic carbocycles. The van der Waals surface area contributed by atoms with E-state index in [2.05, 4.69) is 10.2 Å². The fraction of sp³-hybridized carbons (Fsp3) is 0.533. The van der Waals surface area contributed by atoms with Crippen LogP contribution in [0.25, 0.3) is 0 Å². The van der Waals surface area contributed by atoms with Gasteiger partial charge in [-0.25, -0.2) is 4.79 Å². The minimum atomic E-state index is -0.380. The fourth-order valence-electron chi connectivity index (χ4n) is 1.76. The number of aliphatic hydroxyl groups excluding tert-OH is 1. The number of urea groups is 1. The molecule has 1 atom stereocenters. The van der Waals surface area contributed by atoms with E-state index in [4.69, 9.17) is 0 Å². The zero-order valence-electron chi connectivity index (χ0n) is 12.5. The van der Waals surface area contributed by atoms with Crippen LogP contribution in [0, 0.1) is 0 Å². The first kappa shape index (κ1) is 16.3. The number of amides is 2. The Labute approximate surface area is 121 Å². The Morgan fingerprint density at radius 1 is 1.25 bits per heavy atom. The van der Waals surface area contributed by atoms with E-state index in [0.717, 1.165) is 12.2 Å². The molecule has 0 saturated heterocycles. The maximum Gasteiger partial charge on any atom is 0.317 e. The number of carbonyl (C=O) groups excluding carboxylic acids is 1. The average Bonchev–Trinajstić information content (AvgIpc) is 2.45. The highest BCUT2D eigenvalue weighted by atomic mass is 16.3. The summed E-state index contributed by atoms with van der Waals surface area (Å²) in [5.41, 5.74) is 1.13. The molecule has 20 heavy (non-hydrogen) atoms. The van der Waals surface area contributed by atoms with Gasteiger partial charge in [-0.2, -0.15) is 0 Å². The largest absolute Gasteiger partial charge is 0.393 e. The van der Waals surface area contributed by atoms with Crippen molar-refractivity contribution in [2.75, 3.05) is 38.6 Å². The number of likely N-dealkylation sites (N-methyl/N-ethyl adjacent to an activating group) is 1.